The number of aryl methyl sites for hydroxylation is 1. The molecule has 3 aromatic rings. The van der Waals surface area contributed by atoms with Crippen LogP contribution in [0.2, 0.25) is 0 Å². The quantitative estimate of drug-likeness (QED) is 0.0656. The molecule has 2 aliphatic heterocycles. The maximum atomic E-state index is 12.9. The Morgan fingerprint density at radius 3 is 2.24 bits per heavy atom. The number of nitrogens with zero attached hydrogens (tertiary/aromatic N) is 2. The summed E-state index contributed by atoms with van der Waals surface area (Å²) in [5.74, 6) is -1.71. The van der Waals surface area contributed by atoms with Crippen LogP contribution in [0.3, 0.4) is 0 Å². The first-order valence-electron chi connectivity index (χ1n) is 13.2. The van der Waals surface area contributed by atoms with Crippen LogP contribution >= 0.6 is 11.3 Å². The van der Waals surface area contributed by atoms with Gasteiger partial charge in [0.1, 0.15) is 30.0 Å². The molecule has 0 atom stereocenters. The number of imide groups is 1. The summed E-state index contributed by atoms with van der Waals surface area (Å²) in [6, 6.07) is 5.22. The molecule has 0 aliphatic carbocycles. The summed E-state index contributed by atoms with van der Waals surface area (Å²) in [5, 5.41) is 0.940. The van der Waals surface area contributed by atoms with E-state index < -0.39 is 57.6 Å². The second-order valence-corrected chi connectivity index (χ2v) is 14.1. The van der Waals surface area contributed by atoms with Crippen molar-refractivity contribution in [1.82, 2.24) is 5.06 Å². The minimum atomic E-state index is -5.23. The van der Waals surface area contributed by atoms with Crippen molar-refractivity contribution in [2.24, 2.45) is 0 Å². The van der Waals surface area contributed by atoms with Crippen molar-refractivity contribution in [3.63, 3.8) is 0 Å². The number of thiophene rings is 1. The summed E-state index contributed by atoms with van der Waals surface area (Å²) < 4.78 is 74.4. The van der Waals surface area contributed by atoms with Crippen molar-refractivity contribution < 1.29 is 109 Å². The summed E-state index contributed by atoms with van der Waals surface area (Å²) in [6.07, 6.45) is 3.50. The molecule has 14 nitrogen and oxygen atoms in total. The van der Waals surface area contributed by atoms with Gasteiger partial charge in [-0.3, -0.25) is 9.59 Å². The van der Waals surface area contributed by atoms with Gasteiger partial charge >= 0.3 is 70.7 Å². The second-order valence-electron chi connectivity index (χ2n) is 10.1. The average Bonchev–Trinajstić information content (AvgIpc) is 3.52. The van der Waals surface area contributed by atoms with Crippen LogP contribution < -0.4 is 69.6 Å². The van der Waals surface area contributed by atoms with E-state index in [0.717, 1.165) is 24.2 Å². The predicted molar refractivity (Wildman–Crippen MR) is 148 cm³/mol. The zero-order valence-corrected chi connectivity index (χ0v) is 30.8. The molecule has 19 heteroatoms. The Hall–Kier alpha value is -1.64. The molecular formula is C26H24N2Na2O12S3. The van der Waals surface area contributed by atoms with Gasteiger partial charge in [0.2, 0.25) is 0 Å². The molecule has 0 spiro atoms. The third-order valence-electron chi connectivity index (χ3n) is 7.09. The van der Waals surface area contributed by atoms with Crippen LogP contribution in [-0.4, -0.2) is 61.9 Å². The molecule has 0 bridgehead atoms. The summed E-state index contributed by atoms with van der Waals surface area (Å²) in [6.45, 7) is 1.36. The van der Waals surface area contributed by atoms with Gasteiger partial charge < -0.3 is 23.3 Å². The summed E-state index contributed by atoms with van der Waals surface area (Å²) in [5.41, 5.74) is 0.575. The van der Waals surface area contributed by atoms with E-state index in [2.05, 4.69) is 4.90 Å². The van der Waals surface area contributed by atoms with Gasteiger partial charge in [-0.1, -0.05) is 6.42 Å². The van der Waals surface area contributed by atoms with Gasteiger partial charge in [0.05, 0.1) is 15.3 Å². The Morgan fingerprint density at radius 2 is 1.60 bits per heavy atom. The molecule has 0 saturated carbocycles. The fourth-order valence-electron chi connectivity index (χ4n) is 5.07. The zero-order valence-electron chi connectivity index (χ0n) is 24.4. The minimum Gasteiger partial charge on any atom is -0.744 e. The third-order valence-corrected chi connectivity index (χ3v) is 10.5. The fourth-order valence-corrected chi connectivity index (χ4v) is 7.96. The van der Waals surface area contributed by atoms with Gasteiger partial charge in [-0.25, -0.2) is 26.4 Å². The molecule has 45 heavy (non-hydrogen) atoms. The van der Waals surface area contributed by atoms with Crippen molar-refractivity contribution in [2.75, 3.05) is 18.0 Å². The number of hydrogen-bond donors (Lipinski definition) is 0. The number of amides is 2. The Kier molecular flexibility index (Phi) is 12.7. The zero-order chi connectivity index (χ0) is 31.1. The van der Waals surface area contributed by atoms with Crippen molar-refractivity contribution >= 4 is 66.0 Å². The van der Waals surface area contributed by atoms with E-state index in [0.29, 0.717) is 48.7 Å². The molecule has 0 N–H and O–H groups in total. The van der Waals surface area contributed by atoms with E-state index in [9.17, 15) is 45.1 Å². The monoisotopic (exact) mass is 698 g/mol. The fraction of sp³-hybridized carbons (Fsp3) is 0.385. The topological polar surface area (TPSA) is 212 Å². The van der Waals surface area contributed by atoms with Gasteiger partial charge in [-0.15, -0.1) is 16.4 Å². The molecule has 2 aliphatic rings. The number of hydrogen-bond acceptors (Lipinski definition) is 14. The number of hydroxylamine groups is 2. The first-order chi connectivity index (χ1) is 20.2. The van der Waals surface area contributed by atoms with Crippen LogP contribution in [0.15, 0.2) is 42.6 Å². The van der Waals surface area contributed by atoms with Crippen LogP contribution in [0.25, 0.3) is 21.4 Å². The van der Waals surface area contributed by atoms with Crippen LogP contribution in [0.4, 0.5) is 5.69 Å². The van der Waals surface area contributed by atoms with Crippen molar-refractivity contribution in [3.05, 3.63) is 40.2 Å². The van der Waals surface area contributed by atoms with E-state index in [1.807, 2.05) is 0 Å². The maximum Gasteiger partial charge on any atom is 1.00 e. The van der Waals surface area contributed by atoms with E-state index in [4.69, 9.17) is 9.25 Å². The van der Waals surface area contributed by atoms with Gasteiger partial charge in [-0.05, 0) is 49.4 Å². The summed E-state index contributed by atoms with van der Waals surface area (Å²) in [4.78, 5) is 53.5. The Labute approximate surface area is 306 Å². The molecule has 230 valence electrons. The molecule has 5 rings (SSSR count). The number of unbranched alkanes of at least 4 members (excludes halogenated alkanes) is 2. The smallest absolute Gasteiger partial charge is 0.744 e. The number of anilines is 1. The van der Waals surface area contributed by atoms with Crippen LogP contribution in [0.1, 0.15) is 50.5 Å². The first kappa shape index (κ1) is 37.8. The van der Waals surface area contributed by atoms with E-state index in [1.54, 1.807) is 12.1 Å². The summed E-state index contributed by atoms with van der Waals surface area (Å²) >= 11 is 0.212. The molecule has 1 fully saturated rings. The Balaban J connectivity index is 0.00000276. The molecule has 2 aromatic heterocycles. The Bertz CT molecular complexity index is 1910. The maximum absolute atomic E-state index is 12.9. The number of carbonyl (C=O) groups is 3. The number of benzene rings is 1. The number of carbonyl (C=O) groups excluding carboxylic acids is 3. The Morgan fingerprint density at radius 1 is 0.911 bits per heavy atom. The van der Waals surface area contributed by atoms with Crippen LogP contribution in [-0.2, 0) is 45.9 Å². The summed E-state index contributed by atoms with van der Waals surface area (Å²) in [7, 11) is -10.3. The minimum absolute atomic E-state index is 0. The van der Waals surface area contributed by atoms with Gasteiger partial charge in [0.25, 0.3) is 11.8 Å². The number of fused-ring (bicyclic) bond motifs is 2. The van der Waals surface area contributed by atoms with Gasteiger partial charge in [0.15, 0.2) is 0 Å². The normalized spacial score (nSPS) is 15.1. The molecule has 4 heterocycles. The SMILES string of the molecule is O=C(CCCCCN1CCCc2cc3cc(-c4sc(S(=O)(=O)[O-])cc4S(=O)(=O)[O-])c(=O)oc3cc21)ON1C(=O)CCC1=O.[Na+].[Na+]. The van der Waals surface area contributed by atoms with Gasteiger partial charge in [-0.2, -0.15) is 0 Å². The molecular weight excluding hydrogens is 674 g/mol. The van der Waals surface area contributed by atoms with E-state index in [1.165, 1.54) is 6.07 Å². The molecule has 2 amide bonds. The van der Waals surface area contributed by atoms with Crippen molar-refractivity contribution in [1.29, 1.82) is 0 Å². The predicted octanol–water partition coefficient (Wildman–Crippen LogP) is -3.74. The molecule has 0 unspecified atom stereocenters. The van der Waals surface area contributed by atoms with Crippen molar-refractivity contribution in [2.45, 2.75) is 60.5 Å². The molecule has 1 saturated heterocycles. The average molecular weight is 699 g/mol. The van der Waals surface area contributed by atoms with Crippen LogP contribution in [0.5, 0.6) is 0 Å². The van der Waals surface area contributed by atoms with E-state index >= 15 is 0 Å². The standard InChI is InChI=1S/C26H26N2O12S3.2Na/c29-21-7-8-22(30)28(21)40-23(31)6-2-1-3-9-27-10-4-5-15-11-16-12-17(26(32)39-19(16)13-18(15)27)25-20(42(33,34)35)14-24(41-25)43(36,37)38;;/h11-14H,1-10H2,(H,33,34,35)(H,36,37,38);;/q;2*+1/p-2. The van der Waals surface area contributed by atoms with E-state index in [-0.39, 0.29) is 101 Å². The molecule has 0 radical (unpaired) electrons. The third kappa shape index (κ3) is 8.64. The second kappa shape index (κ2) is 15.1. The molecule has 1 aromatic carbocycles. The first-order valence-corrected chi connectivity index (χ1v) is 16.8. The number of rotatable bonds is 10. The van der Waals surface area contributed by atoms with Crippen LogP contribution in [0, 0.1) is 0 Å². The van der Waals surface area contributed by atoms with Crippen molar-refractivity contribution in [3.8, 4) is 10.4 Å². The largest absolute Gasteiger partial charge is 1.00 e. The van der Waals surface area contributed by atoms with Gasteiger partial charge in [0, 0.05) is 49.5 Å².